The Kier molecular flexibility index (Phi) is 3.61. The zero-order chi connectivity index (χ0) is 15.0. The fourth-order valence-electron chi connectivity index (χ4n) is 2.24. The van der Waals surface area contributed by atoms with E-state index in [1.165, 1.54) is 12.3 Å². The number of benzene rings is 1. The van der Waals surface area contributed by atoms with Crippen molar-refractivity contribution in [3.8, 4) is 0 Å². The lowest BCUT2D eigenvalue weighted by molar-refractivity contribution is 0.579. The quantitative estimate of drug-likeness (QED) is 0.902. The molecule has 110 valence electrons. The lowest BCUT2D eigenvalue weighted by Crippen LogP contribution is -2.27. The first-order chi connectivity index (χ1) is 9.97. The van der Waals surface area contributed by atoms with Crippen molar-refractivity contribution in [2.24, 2.45) is 0 Å². The molecule has 2 unspecified atom stereocenters. The van der Waals surface area contributed by atoms with Gasteiger partial charge in [0.15, 0.2) is 0 Å². The van der Waals surface area contributed by atoms with E-state index in [2.05, 4.69) is 9.71 Å². The van der Waals surface area contributed by atoms with E-state index in [1.807, 2.05) is 30.3 Å². The molecule has 1 aliphatic carbocycles. The van der Waals surface area contributed by atoms with Crippen molar-refractivity contribution in [3.63, 3.8) is 0 Å². The molecular weight excluding hydrogens is 310 g/mol. The Morgan fingerprint density at radius 3 is 2.67 bits per heavy atom. The highest BCUT2D eigenvalue weighted by Crippen LogP contribution is 2.41. The van der Waals surface area contributed by atoms with Crippen LogP contribution < -0.4 is 10.5 Å². The number of anilines is 1. The van der Waals surface area contributed by atoms with Crippen LogP contribution in [-0.2, 0) is 10.0 Å². The van der Waals surface area contributed by atoms with Crippen LogP contribution in [-0.4, -0.2) is 19.4 Å². The van der Waals surface area contributed by atoms with Crippen LogP contribution in [0.25, 0.3) is 0 Å². The van der Waals surface area contributed by atoms with E-state index < -0.39 is 10.0 Å². The normalized spacial score (nSPS) is 21.2. The molecular formula is C14H14ClN3O2S. The maximum Gasteiger partial charge on any atom is 0.242 e. The molecule has 1 saturated carbocycles. The molecule has 3 N–H and O–H groups in total. The van der Waals surface area contributed by atoms with Gasteiger partial charge in [-0.3, -0.25) is 0 Å². The van der Waals surface area contributed by atoms with Crippen molar-refractivity contribution < 1.29 is 8.42 Å². The van der Waals surface area contributed by atoms with Crippen molar-refractivity contribution in [2.45, 2.75) is 23.3 Å². The predicted octanol–water partition coefficient (Wildman–Crippen LogP) is 2.15. The van der Waals surface area contributed by atoms with Crippen molar-refractivity contribution in [1.29, 1.82) is 0 Å². The maximum atomic E-state index is 12.3. The molecule has 3 rings (SSSR count). The van der Waals surface area contributed by atoms with Crippen molar-refractivity contribution in [1.82, 2.24) is 9.71 Å². The molecule has 1 heterocycles. The van der Waals surface area contributed by atoms with Gasteiger partial charge in [-0.25, -0.2) is 18.1 Å². The second-order valence-electron chi connectivity index (χ2n) is 5.02. The number of hydrogen-bond acceptors (Lipinski definition) is 4. The van der Waals surface area contributed by atoms with Gasteiger partial charge in [0.1, 0.15) is 10.7 Å². The summed E-state index contributed by atoms with van der Waals surface area (Å²) in [5.41, 5.74) is 6.62. The van der Waals surface area contributed by atoms with Gasteiger partial charge >= 0.3 is 0 Å². The largest absolute Gasteiger partial charge is 0.382 e. The lowest BCUT2D eigenvalue weighted by atomic mass is 10.1. The standard InChI is InChI=1S/C14H14ClN3O2S/c15-12-6-10(8-17-14(12)16)21(19,20)18-13-7-11(13)9-4-2-1-3-5-9/h1-6,8,11,13,18H,7H2,(H2,16,17). The zero-order valence-electron chi connectivity index (χ0n) is 11.0. The Bertz CT molecular complexity index is 765. The summed E-state index contributed by atoms with van der Waals surface area (Å²) in [4.78, 5) is 3.80. The first kappa shape index (κ1) is 14.3. The summed E-state index contributed by atoms with van der Waals surface area (Å²) in [5.74, 6) is 0.336. The zero-order valence-corrected chi connectivity index (χ0v) is 12.6. The summed E-state index contributed by atoms with van der Waals surface area (Å²) < 4.78 is 27.2. The minimum absolute atomic E-state index is 0.0282. The van der Waals surface area contributed by atoms with Crippen LogP contribution in [0.3, 0.4) is 0 Å². The average molecular weight is 324 g/mol. The van der Waals surface area contributed by atoms with Crippen LogP contribution in [0.2, 0.25) is 5.02 Å². The second kappa shape index (κ2) is 5.29. The Morgan fingerprint density at radius 2 is 2.00 bits per heavy atom. The lowest BCUT2D eigenvalue weighted by Gasteiger charge is -2.07. The number of nitrogen functional groups attached to an aromatic ring is 1. The average Bonchev–Trinajstić information content (AvgIpc) is 3.21. The summed E-state index contributed by atoms with van der Waals surface area (Å²) in [5, 5.41) is 0.133. The van der Waals surface area contributed by atoms with E-state index in [4.69, 9.17) is 17.3 Å². The number of nitrogens with two attached hydrogens (primary N) is 1. The monoisotopic (exact) mass is 323 g/mol. The van der Waals surface area contributed by atoms with Crippen molar-refractivity contribution in [3.05, 3.63) is 53.2 Å². The molecule has 0 aliphatic heterocycles. The molecule has 0 spiro atoms. The van der Waals surface area contributed by atoms with E-state index >= 15 is 0 Å². The van der Waals surface area contributed by atoms with Gasteiger partial charge in [-0.2, -0.15) is 0 Å². The van der Waals surface area contributed by atoms with Crippen LogP contribution >= 0.6 is 11.6 Å². The fraction of sp³-hybridized carbons (Fsp3) is 0.214. The summed E-state index contributed by atoms with van der Waals surface area (Å²) in [6, 6.07) is 11.1. The number of nitrogens with zero attached hydrogens (tertiary/aromatic N) is 1. The highest BCUT2D eigenvalue weighted by Gasteiger charge is 2.41. The van der Waals surface area contributed by atoms with Crippen molar-refractivity contribution in [2.75, 3.05) is 5.73 Å². The van der Waals surface area contributed by atoms with Crippen LogP contribution in [0.1, 0.15) is 17.9 Å². The highest BCUT2D eigenvalue weighted by molar-refractivity contribution is 7.89. The van der Waals surface area contributed by atoms with Crippen LogP contribution in [0.5, 0.6) is 0 Å². The molecule has 0 saturated heterocycles. The van der Waals surface area contributed by atoms with Gasteiger partial charge in [-0.05, 0) is 18.1 Å². The van der Waals surface area contributed by atoms with Crippen LogP contribution in [0.4, 0.5) is 5.82 Å². The van der Waals surface area contributed by atoms with E-state index in [-0.39, 0.29) is 27.7 Å². The smallest absolute Gasteiger partial charge is 0.242 e. The molecule has 1 aromatic carbocycles. The van der Waals surface area contributed by atoms with Gasteiger partial charge in [-0.15, -0.1) is 0 Å². The van der Waals surface area contributed by atoms with E-state index in [9.17, 15) is 8.42 Å². The number of aromatic nitrogens is 1. The molecule has 2 atom stereocenters. The van der Waals surface area contributed by atoms with E-state index in [0.717, 1.165) is 12.0 Å². The molecule has 1 aromatic heterocycles. The minimum atomic E-state index is -3.63. The molecule has 7 heteroatoms. The van der Waals surface area contributed by atoms with Gasteiger partial charge in [0.05, 0.1) is 5.02 Å². The third-order valence-corrected chi connectivity index (χ3v) is 5.24. The highest BCUT2D eigenvalue weighted by atomic mass is 35.5. The van der Waals surface area contributed by atoms with Crippen LogP contribution in [0, 0.1) is 0 Å². The van der Waals surface area contributed by atoms with Crippen LogP contribution in [0.15, 0.2) is 47.5 Å². The Balaban J connectivity index is 1.75. The molecule has 1 aliphatic rings. The molecule has 2 aromatic rings. The van der Waals surface area contributed by atoms with Gasteiger partial charge in [0, 0.05) is 18.2 Å². The molecule has 1 fully saturated rings. The van der Waals surface area contributed by atoms with Crippen molar-refractivity contribution >= 4 is 27.4 Å². The topological polar surface area (TPSA) is 85.1 Å². The van der Waals surface area contributed by atoms with Gasteiger partial charge in [0.25, 0.3) is 0 Å². The summed E-state index contributed by atoms with van der Waals surface area (Å²) in [6.45, 7) is 0. The van der Waals surface area contributed by atoms with Gasteiger partial charge in [0.2, 0.25) is 10.0 Å². The number of sulfonamides is 1. The molecule has 21 heavy (non-hydrogen) atoms. The first-order valence-electron chi connectivity index (χ1n) is 6.45. The number of rotatable bonds is 4. The van der Waals surface area contributed by atoms with Gasteiger partial charge in [-0.1, -0.05) is 41.9 Å². The Morgan fingerprint density at radius 1 is 1.29 bits per heavy atom. The molecule has 0 radical (unpaired) electrons. The molecule has 0 bridgehead atoms. The summed E-state index contributed by atoms with van der Waals surface area (Å²) in [7, 11) is -3.63. The summed E-state index contributed by atoms with van der Waals surface area (Å²) in [6.07, 6.45) is 2.00. The molecule has 5 nitrogen and oxygen atoms in total. The van der Waals surface area contributed by atoms with Gasteiger partial charge < -0.3 is 5.73 Å². The number of pyridine rings is 1. The molecule has 0 amide bonds. The summed E-state index contributed by atoms with van der Waals surface area (Å²) >= 11 is 5.82. The van der Waals surface area contributed by atoms with E-state index in [0.29, 0.717) is 0 Å². The Hall–Kier alpha value is -1.63. The number of nitrogens with one attached hydrogen (secondary N) is 1. The SMILES string of the molecule is Nc1ncc(S(=O)(=O)NC2CC2c2ccccc2)cc1Cl. The third kappa shape index (κ3) is 3.02. The second-order valence-corrected chi connectivity index (χ2v) is 7.14. The third-order valence-electron chi connectivity index (χ3n) is 3.48. The minimum Gasteiger partial charge on any atom is -0.382 e. The number of halogens is 1. The van der Waals surface area contributed by atoms with E-state index in [1.54, 1.807) is 0 Å². The Labute approximate surface area is 128 Å². The number of hydrogen-bond donors (Lipinski definition) is 2. The predicted molar refractivity (Wildman–Crippen MR) is 81.6 cm³/mol. The fourth-order valence-corrected chi connectivity index (χ4v) is 3.73. The maximum absolute atomic E-state index is 12.3. The first-order valence-corrected chi connectivity index (χ1v) is 8.32.